The molecule has 0 aliphatic carbocycles. The Balaban J connectivity index is 1.85. The molecule has 1 aliphatic heterocycles. The van der Waals surface area contributed by atoms with Gasteiger partial charge in [-0.15, -0.1) is 0 Å². The minimum absolute atomic E-state index is 0.0429. The number of carbonyl (C=O) groups is 3. The standard InChI is InChI=1S/C20H19ClN2O3/c1-13-11-23(16-7-5-6-15(21)10-16)19(25)12-22(13)20(26)18-9-4-3-8-17(18)14(2)24/h3-10,13H,11-12H2,1-2H3/t13-/m0/s1. The first kappa shape index (κ1) is 18.1. The molecule has 0 N–H and O–H groups in total. The second-order valence-electron chi connectivity index (χ2n) is 6.37. The van der Waals surface area contributed by atoms with Crippen molar-refractivity contribution in [1.82, 2.24) is 4.90 Å². The molecular formula is C20H19ClN2O3. The summed E-state index contributed by atoms with van der Waals surface area (Å²) in [6.07, 6.45) is 0. The fourth-order valence-corrected chi connectivity index (χ4v) is 3.33. The molecule has 2 aromatic rings. The predicted octanol–water partition coefficient (Wildman–Crippen LogP) is 3.42. The molecule has 6 heteroatoms. The van der Waals surface area contributed by atoms with Gasteiger partial charge in [-0.1, -0.05) is 35.9 Å². The van der Waals surface area contributed by atoms with Crippen LogP contribution in [0.25, 0.3) is 0 Å². The highest BCUT2D eigenvalue weighted by molar-refractivity contribution is 6.31. The van der Waals surface area contributed by atoms with Crippen molar-refractivity contribution in [3.8, 4) is 0 Å². The average Bonchev–Trinajstić information content (AvgIpc) is 2.62. The third-order valence-corrected chi connectivity index (χ3v) is 4.74. The van der Waals surface area contributed by atoms with E-state index in [9.17, 15) is 14.4 Å². The van der Waals surface area contributed by atoms with Crippen molar-refractivity contribution in [1.29, 1.82) is 0 Å². The number of rotatable bonds is 3. The third kappa shape index (κ3) is 3.48. The minimum Gasteiger partial charge on any atom is -0.325 e. The zero-order valence-corrected chi connectivity index (χ0v) is 15.4. The predicted molar refractivity (Wildman–Crippen MR) is 101 cm³/mol. The van der Waals surface area contributed by atoms with Crippen LogP contribution in [0.2, 0.25) is 5.02 Å². The Hall–Kier alpha value is -2.66. The summed E-state index contributed by atoms with van der Waals surface area (Å²) in [6.45, 7) is 3.64. The van der Waals surface area contributed by atoms with Crippen molar-refractivity contribution in [3.05, 3.63) is 64.7 Å². The number of benzene rings is 2. The normalized spacial score (nSPS) is 17.3. The zero-order valence-electron chi connectivity index (χ0n) is 14.6. The SMILES string of the molecule is CC(=O)c1ccccc1C(=O)N1CC(=O)N(c2cccc(Cl)c2)C[C@@H]1C. The number of Topliss-reactive ketones (excluding diaryl/α,β-unsaturated/α-hetero) is 1. The van der Waals surface area contributed by atoms with Crippen molar-refractivity contribution in [3.63, 3.8) is 0 Å². The molecule has 1 fully saturated rings. The summed E-state index contributed by atoms with van der Waals surface area (Å²) >= 11 is 6.02. The summed E-state index contributed by atoms with van der Waals surface area (Å²) < 4.78 is 0. The fourth-order valence-electron chi connectivity index (χ4n) is 3.15. The third-order valence-electron chi connectivity index (χ3n) is 4.50. The van der Waals surface area contributed by atoms with Crippen molar-refractivity contribution >= 4 is 34.9 Å². The van der Waals surface area contributed by atoms with Crippen LogP contribution in [0.4, 0.5) is 5.69 Å². The number of piperazine rings is 1. The summed E-state index contributed by atoms with van der Waals surface area (Å²) in [6, 6.07) is 13.6. The van der Waals surface area contributed by atoms with Crippen LogP contribution in [-0.2, 0) is 4.79 Å². The Morgan fingerprint density at radius 1 is 1.08 bits per heavy atom. The highest BCUT2D eigenvalue weighted by atomic mass is 35.5. The molecule has 0 aromatic heterocycles. The van der Waals surface area contributed by atoms with E-state index in [1.165, 1.54) is 11.8 Å². The molecule has 2 amide bonds. The van der Waals surface area contributed by atoms with Gasteiger partial charge in [0.15, 0.2) is 5.78 Å². The molecule has 0 saturated carbocycles. The number of ketones is 1. The molecule has 0 bridgehead atoms. The van der Waals surface area contributed by atoms with E-state index in [0.717, 1.165) is 0 Å². The highest BCUT2D eigenvalue weighted by Crippen LogP contribution is 2.24. The molecule has 5 nitrogen and oxygen atoms in total. The molecule has 0 spiro atoms. The van der Waals surface area contributed by atoms with Gasteiger partial charge in [-0.3, -0.25) is 14.4 Å². The number of carbonyl (C=O) groups excluding carboxylic acids is 3. The topological polar surface area (TPSA) is 57.7 Å². The van der Waals surface area contributed by atoms with E-state index in [4.69, 9.17) is 11.6 Å². The Bertz CT molecular complexity index is 881. The Morgan fingerprint density at radius 3 is 2.42 bits per heavy atom. The molecule has 26 heavy (non-hydrogen) atoms. The molecule has 1 aliphatic rings. The van der Waals surface area contributed by atoms with Gasteiger partial charge in [0, 0.05) is 28.9 Å². The fraction of sp³-hybridized carbons (Fsp3) is 0.250. The number of amides is 2. The van der Waals surface area contributed by atoms with Crippen LogP contribution in [0.15, 0.2) is 48.5 Å². The molecule has 134 valence electrons. The van der Waals surface area contributed by atoms with Gasteiger partial charge in [-0.25, -0.2) is 0 Å². The van der Waals surface area contributed by atoms with Gasteiger partial charge in [0.1, 0.15) is 6.54 Å². The quantitative estimate of drug-likeness (QED) is 0.778. The lowest BCUT2D eigenvalue weighted by Crippen LogP contribution is -2.57. The highest BCUT2D eigenvalue weighted by Gasteiger charge is 2.34. The first-order valence-electron chi connectivity index (χ1n) is 8.35. The number of anilines is 1. The van der Waals surface area contributed by atoms with Crippen molar-refractivity contribution < 1.29 is 14.4 Å². The maximum atomic E-state index is 13.0. The maximum absolute atomic E-state index is 13.0. The second-order valence-corrected chi connectivity index (χ2v) is 6.80. The molecule has 1 atom stereocenters. The number of hydrogen-bond donors (Lipinski definition) is 0. The molecular weight excluding hydrogens is 352 g/mol. The van der Waals surface area contributed by atoms with Crippen molar-refractivity contribution in [2.24, 2.45) is 0 Å². The van der Waals surface area contributed by atoms with Crippen LogP contribution < -0.4 is 4.90 Å². The van der Waals surface area contributed by atoms with Gasteiger partial charge >= 0.3 is 0 Å². The molecule has 1 saturated heterocycles. The zero-order chi connectivity index (χ0) is 18.8. The van der Waals surface area contributed by atoms with Gasteiger partial charge in [0.2, 0.25) is 5.91 Å². The first-order valence-corrected chi connectivity index (χ1v) is 8.73. The summed E-state index contributed by atoms with van der Waals surface area (Å²) in [7, 11) is 0. The number of hydrogen-bond acceptors (Lipinski definition) is 3. The maximum Gasteiger partial charge on any atom is 0.255 e. The van der Waals surface area contributed by atoms with Gasteiger partial charge in [-0.2, -0.15) is 0 Å². The molecule has 0 unspecified atom stereocenters. The van der Waals surface area contributed by atoms with E-state index in [1.54, 1.807) is 47.4 Å². The molecule has 1 heterocycles. The van der Waals surface area contributed by atoms with E-state index in [-0.39, 0.29) is 30.2 Å². The monoisotopic (exact) mass is 370 g/mol. The van der Waals surface area contributed by atoms with Gasteiger partial charge in [-0.05, 0) is 38.1 Å². The van der Waals surface area contributed by atoms with Crippen LogP contribution in [0.5, 0.6) is 0 Å². The summed E-state index contributed by atoms with van der Waals surface area (Å²) in [5.41, 5.74) is 1.41. The largest absolute Gasteiger partial charge is 0.325 e. The van der Waals surface area contributed by atoms with Crippen LogP contribution in [0.1, 0.15) is 34.6 Å². The van der Waals surface area contributed by atoms with Gasteiger partial charge < -0.3 is 9.80 Å². The molecule has 3 rings (SSSR count). The van der Waals surface area contributed by atoms with E-state index < -0.39 is 0 Å². The number of nitrogens with zero attached hydrogens (tertiary/aromatic N) is 2. The van der Waals surface area contributed by atoms with E-state index in [0.29, 0.717) is 28.4 Å². The van der Waals surface area contributed by atoms with Crippen LogP contribution in [0, 0.1) is 0 Å². The molecule has 2 aromatic carbocycles. The minimum atomic E-state index is -0.303. The van der Waals surface area contributed by atoms with Gasteiger partial charge in [0.05, 0.1) is 5.56 Å². The van der Waals surface area contributed by atoms with Crippen LogP contribution >= 0.6 is 11.6 Å². The smallest absolute Gasteiger partial charge is 0.255 e. The summed E-state index contributed by atoms with van der Waals surface area (Å²) in [5.74, 6) is -0.660. The van der Waals surface area contributed by atoms with Crippen molar-refractivity contribution in [2.75, 3.05) is 18.0 Å². The summed E-state index contributed by atoms with van der Waals surface area (Å²) in [4.78, 5) is 40.6. The first-order chi connectivity index (χ1) is 12.4. The lowest BCUT2D eigenvalue weighted by molar-refractivity contribution is -0.121. The Kier molecular flexibility index (Phi) is 5.09. The average molecular weight is 371 g/mol. The van der Waals surface area contributed by atoms with Crippen LogP contribution in [0.3, 0.4) is 0 Å². The van der Waals surface area contributed by atoms with Crippen LogP contribution in [-0.4, -0.2) is 41.6 Å². The second kappa shape index (κ2) is 7.30. The Labute approximate surface area is 157 Å². The van der Waals surface area contributed by atoms with E-state index in [1.807, 2.05) is 13.0 Å². The van der Waals surface area contributed by atoms with E-state index in [2.05, 4.69) is 0 Å². The van der Waals surface area contributed by atoms with Crippen molar-refractivity contribution in [2.45, 2.75) is 19.9 Å². The van der Waals surface area contributed by atoms with E-state index >= 15 is 0 Å². The Morgan fingerprint density at radius 2 is 1.77 bits per heavy atom. The lowest BCUT2D eigenvalue weighted by atomic mass is 10.0. The number of halogens is 1. The lowest BCUT2D eigenvalue weighted by Gasteiger charge is -2.39. The van der Waals surface area contributed by atoms with Gasteiger partial charge in [0.25, 0.3) is 5.91 Å². The summed E-state index contributed by atoms with van der Waals surface area (Å²) in [5, 5.41) is 0.553. The molecule has 0 radical (unpaired) electrons.